The Balaban J connectivity index is 2.02. The van der Waals surface area contributed by atoms with Crippen molar-refractivity contribution in [3.63, 3.8) is 0 Å². The normalized spacial score (nSPS) is 28.0. The van der Waals surface area contributed by atoms with E-state index in [0.29, 0.717) is 5.92 Å². The zero-order chi connectivity index (χ0) is 16.4. The Hall–Kier alpha value is -1.09. The molecule has 2 aliphatic heterocycles. The quantitative estimate of drug-likeness (QED) is 0.721. The summed E-state index contributed by atoms with van der Waals surface area (Å²) in [6, 6.07) is 8.46. The smallest absolute Gasteiger partial charge is 0.0841 e. The van der Waals surface area contributed by atoms with Crippen molar-refractivity contribution < 1.29 is 4.74 Å². The maximum atomic E-state index is 6.54. The summed E-state index contributed by atoms with van der Waals surface area (Å²) in [6.45, 7) is 9.42. The first-order chi connectivity index (χ1) is 11.1. The molecular formula is C20H26ClNO. The van der Waals surface area contributed by atoms with Crippen molar-refractivity contribution in [3.8, 4) is 0 Å². The average molecular weight is 332 g/mol. The van der Waals surface area contributed by atoms with E-state index < -0.39 is 0 Å². The van der Waals surface area contributed by atoms with Crippen molar-refractivity contribution >= 4 is 11.6 Å². The van der Waals surface area contributed by atoms with Crippen LogP contribution in [0, 0.1) is 5.92 Å². The predicted molar refractivity (Wildman–Crippen MR) is 96.8 cm³/mol. The van der Waals surface area contributed by atoms with Gasteiger partial charge in [-0.1, -0.05) is 54.4 Å². The molecule has 0 aromatic heterocycles. The highest BCUT2D eigenvalue weighted by molar-refractivity contribution is 6.31. The number of benzene rings is 1. The minimum atomic E-state index is 0.223. The van der Waals surface area contributed by atoms with E-state index in [9.17, 15) is 0 Å². The topological polar surface area (TPSA) is 12.5 Å². The van der Waals surface area contributed by atoms with Crippen LogP contribution in [0.2, 0.25) is 5.02 Å². The molecule has 1 aromatic carbocycles. The average Bonchev–Trinajstić information content (AvgIpc) is 2.54. The Labute approximate surface area is 144 Å². The Bertz CT molecular complexity index is 618. The summed E-state index contributed by atoms with van der Waals surface area (Å²) in [5.74, 6) is 0.505. The van der Waals surface area contributed by atoms with Gasteiger partial charge in [0, 0.05) is 18.1 Å². The molecule has 0 bridgehead atoms. The number of halogens is 1. The Morgan fingerprint density at radius 1 is 1.35 bits per heavy atom. The van der Waals surface area contributed by atoms with Crippen LogP contribution in [-0.2, 0) is 4.74 Å². The molecule has 124 valence electrons. The van der Waals surface area contributed by atoms with E-state index >= 15 is 0 Å². The monoisotopic (exact) mass is 331 g/mol. The summed E-state index contributed by atoms with van der Waals surface area (Å²) < 4.78 is 6.11. The van der Waals surface area contributed by atoms with Gasteiger partial charge in [-0.05, 0) is 43.4 Å². The SMILES string of the molecule is CC(C)=CCN1C[C@@H](C)[C@@H]2OCCC=C2[C@H]1c1ccccc1Cl. The zero-order valence-electron chi connectivity index (χ0n) is 14.3. The minimum absolute atomic E-state index is 0.223. The molecule has 2 nitrogen and oxygen atoms in total. The zero-order valence-corrected chi connectivity index (χ0v) is 15.0. The number of allylic oxidation sites excluding steroid dienone is 1. The Morgan fingerprint density at radius 3 is 2.87 bits per heavy atom. The molecule has 0 radical (unpaired) electrons. The van der Waals surface area contributed by atoms with E-state index in [4.69, 9.17) is 16.3 Å². The number of hydrogen-bond acceptors (Lipinski definition) is 2. The van der Waals surface area contributed by atoms with E-state index in [0.717, 1.165) is 31.1 Å². The second-order valence-corrected chi connectivity index (χ2v) is 7.33. The van der Waals surface area contributed by atoms with Crippen molar-refractivity contribution in [3.05, 3.63) is 58.1 Å². The Kier molecular flexibility index (Phi) is 5.25. The van der Waals surface area contributed by atoms with Crippen molar-refractivity contribution in [1.29, 1.82) is 0 Å². The molecule has 0 saturated carbocycles. The first-order valence-corrected chi connectivity index (χ1v) is 8.89. The standard InChI is InChI=1S/C20H26ClNO/c1-14(2)10-11-22-13-15(3)20-17(8-6-12-23-20)19(22)16-7-4-5-9-18(16)21/h4-5,7-10,15,19-20H,6,11-13H2,1-3H3/t15-,19-,20+/m1/s1. The van der Waals surface area contributed by atoms with Crippen molar-refractivity contribution in [1.82, 2.24) is 4.90 Å². The van der Waals surface area contributed by atoms with Gasteiger partial charge in [-0.2, -0.15) is 0 Å². The lowest BCUT2D eigenvalue weighted by atomic mass is 9.81. The number of likely N-dealkylation sites (tertiary alicyclic amines) is 1. The highest BCUT2D eigenvalue weighted by atomic mass is 35.5. The van der Waals surface area contributed by atoms with Gasteiger partial charge in [-0.3, -0.25) is 4.90 Å². The first-order valence-electron chi connectivity index (χ1n) is 8.51. The van der Waals surface area contributed by atoms with E-state index in [-0.39, 0.29) is 12.1 Å². The van der Waals surface area contributed by atoms with E-state index in [1.165, 1.54) is 16.7 Å². The lowest BCUT2D eigenvalue weighted by molar-refractivity contribution is -0.0137. The number of ether oxygens (including phenoxy) is 1. The molecule has 0 N–H and O–H groups in total. The van der Waals surface area contributed by atoms with Crippen LogP contribution in [0.15, 0.2) is 47.6 Å². The summed E-state index contributed by atoms with van der Waals surface area (Å²) in [6.07, 6.45) is 5.91. The molecule has 0 aliphatic carbocycles. The van der Waals surface area contributed by atoms with Crippen LogP contribution in [0.4, 0.5) is 0 Å². The van der Waals surface area contributed by atoms with Gasteiger partial charge in [-0.15, -0.1) is 0 Å². The number of hydrogen-bond donors (Lipinski definition) is 0. The van der Waals surface area contributed by atoms with E-state index in [1.54, 1.807) is 0 Å². The summed E-state index contributed by atoms with van der Waals surface area (Å²) in [5, 5.41) is 0.847. The summed E-state index contributed by atoms with van der Waals surface area (Å²) in [7, 11) is 0. The molecule has 2 heterocycles. The summed E-state index contributed by atoms with van der Waals surface area (Å²) >= 11 is 6.54. The largest absolute Gasteiger partial charge is 0.373 e. The van der Waals surface area contributed by atoms with Gasteiger partial charge in [0.1, 0.15) is 0 Å². The van der Waals surface area contributed by atoms with Gasteiger partial charge in [0.2, 0.25) is 0 Å². The fourth-order valence-electron chi connectivity index (χ4n) is 3.73. The van der Waals surface area contributed by atoms with Gasteiger partial charge in [-0.25, -0.2) is 0 Å². The summed E-state index contributed by atoms with van der Waals surface area (Å²) in [4.78, 5) is 2.54. The molecule has 23 heavy (non-hydrogen) atoms. The van der Waals surface area contributed by atoms with Crippen molar-refractivity contribution in [2.24, 2.45) is 5.92 Å². The maximum absolute atomic E-state index is 6.54. The van der Waals surface area contributed by atoms with Gasteiger partial charge in [0.05, 0.1) is 18.8 Å². The van der Waals surface area contributed by atoms with E-state index in [1.807, 2.05) is 12.1 Å². The van der Waals surface area contributed by atoms with Crippen LogP contribution in [0.5, 0.6) is 0 Å². The second-order valence-electron chi connectivity index (χ2n) is 6.92. The highest BCUT2D eigenvalue weighted by Crippen LogP contribution is 2.43. The molecule has 3 rings (SSSR count). The first kappa shape index (κ1) is 16.8. The molecular weight excluding hydrogens is 306 g/mol. The number of nitrogens with zero attached hydrogens (tertiary/aromatic N) is 1. The molecule has 0 unspecified atom stereocenters. The number of fused-ring (bicyclic) bond motifs is 1. The van der Waals surface area contributed by atoms with Gasteiger partial charge < -0.3 is 4.74 Å². The lowest BCUT2D eigenvalue weighted by Crippen LogP contribution is -2.48. The molecule has 1 saturated heterocycles. The fourth-order valence-corrected chi connectivity index (χ4v) is 3.97. The van der Waals surface area contributed by atoms with Crippen molar-refractivity contribution in [2.75, 3.05) is 19.7 Å². The van der Waals surface area contributed by atoms with Crippen LogP contribution in [0.25, 0.3) is 0 Å². The van der Waals surface area contributed by atoms with Gasteiger partial charge >= 0.3 is 0 Å². The third-order valence-electron chi connectivity index (χ3n) is 4.78. The number of rotatable bonds is 3. The van der Waals surface area contributed by atoms with Crippen LogP contribution in [0.1, 0.15) is 38.8 Å². The van der Waals surface area contributed by atoms with Gasteiger partial charge in [0.15, 0.2) is 0 Å². The van der Waals surface area contributed by atoms with Crippen LogP contribution < -0.4 is 0 Å². The molecule has 3 heteroatoms. The van der Waals surface area contributed by atoms with Crippen LogP contribution >= 0.6 is 11.6 Å². The minimum Gasteiger partial charge on any atom is -0.373 e. The predicted octanol–water partition coefficient (Wildman–Crippen LogP) is 5.01. The Morgan fingerprint density at radius 2 is 2.13 bits per heavy atom. The maximum Gasteiger partial charge on any atom is 0.0841 e. The highest BCUT2D eigenvalue weighted by Gasteiger charge is 2.40. The van der Waals surface area contributed by atoms with Crippen molar-refractivity contribution in [2.45, 2.75) is 39.3 Å². The molecule has 3 atom stereocenters. The van der Waals surface area contributed by atoms with Crippen LogP contribution in [0.3, 0.4) is 0 Å². The molecule has 1 fully saturated rings. The number of piperidine rings is 1. The lowest BCUT2D eigenvalue weighted by Gasteiger charge is -2.46. The van der Waals surface area contributed by atoms with Crippen LogP contribution in [-0.4, -0.2) is 30.7 Å². The molecule has 1 aromatic rings. The van der Waals surface area contributed by atoms with E-state index in [2.05, 4.69) is 50.0 Å². The summed E-state index contributed by atoms with van der Waals surface area (Å²) in [5.41, 5.74) is 3.95. The molecule has 2 aliphatic rings. The molecule has 0 spiro atoms. The third-order valence-corrected chi connectivity index (χ3v) is 5.12. The fraction of sp³-hybridized carbons (Fsp3) is 0.500. The molecule has 0 amide bonds. The second kappa shape index (κ2) is 7.21. The third kappa shape index (κ3) is 3.55. The van der Waals surface area contributed by atoms with Gasteiger partial charge in [0.25, 0.3) is 0 Å².